The molecule has 0 heterocycles. The summed E-state index contributed by atoms with van der Waals surface area (Å²) in [6, 6.07) is 3.11. The highest BCUT2D eigenvalue weighted by Gasteiger charge is 2.30. The van der Waals surface area contributed by atoms with Crippen molar-refractivity contribution in [3.63, 3.8) is 0 Å². The normalized spacial score (nSPS) is 15.1. The number of nitrogens with two attached hydrogens (primary N) is 1. The van der Waals surface area contributed by atoms with Crippen molar-refractivity contribution in [3.05, 3.63) is 35.4 Å². The van der Waals surface area contributed by atoms with E-state index in [1.54, 1.807) is 4.90 Å². The minimum Gasteiger partial charge on any atom is -0.336 e. The molecule has 0 aliphatic heterocycles. The molecule has 2 rings (SSSR count). The number of hydrogen-bond acceptors (Lipinski definition) is 2. The minimum atomic E-state index is -0.677. The highest BCUT2D eigenvalue weighted by molar-refractivity contribution is 5.94. The van der Waals surface area contributed by atoms with Gasteiger partial charge in [-0.15, -0.1) is 0 Å². The Labute approximate surface area is 111 Å². The zero-order chi connectivity index (χ0) is 13.8. The van der Waals surface area contributed by atoms with Gasteiger partial charge in [0.05, 0.1) is 5.56 Å². The fourth-order valence-electron chi connectivity index (χ4n) is 2.23. The van der Waals surface area contributed by atoms with Crippen LogP contribution < -0.4 is 5.73 Å². The second-order valence-electron chi connectivity index (χ2n) is 4.85. The van der Waals surface area contributed by atoms with Crippen LogP contribution in [0.5, 0.6) is 0 Å². The summed E-state index contributed by atoms with van der Waals surface area (Å²) in [6.45, 7) is 0.970. The van der Waals surface area contributed by atoms with Crippen LogP contribution >= 0.6 is 0 Å². The van der Waals surface area contributed by atoms with Crippen LogP contribution in [0.25, 0.3) is 0 Å². The topological polar surface area (TPSA) is 46.3 Å². The Kier molecular flexibility index (Phi) is 4.47. The van der Waals surface area contributed by atoms with Crippen molar-refractivity contribution >= 4 is 5.91 Å². The number of amides is 1. The van der Waals surface area contributed by atoms with Gasteiger partial charge < -0.3 is 10.6 Å². The largest absolute Gasteiger partial charge is 0.336 e. The number of carbonyl (C=O) groups is 1. The summed E-state index contributed by atoms with van der Waals surface area (Å²) >= 11 is 0. The van der Waals surface area contributed by atoms with Crippen molar-refractivity contribution in [2.75, 3.05) is 13.1 Å². The molecule has 0 aromatic heterocycles. The zero-order valence-electron chi connectivity index (χ0n) is 10.7. The van der Waals surface area contributed by atoms with Crippen molar-refractivity contribution in [2.45, 2.75) is 31.7 Å². The lowest BCUT2D eigenvalue weighted by atomic mass is 9.90. The quantitative estimate of drug-likeness (QED) is 0.890. The summed E-state index contributed by atoms with van der Waals surface area (Å²) < 4.78 is 26.8. The highest BCUT2D eigenvalue weighted by atomic mass is 19.1. The van der Waals surface area contributed by atoms with Gasteiger partial charge in [-0.25, -0.2) is 8.78 Å². The average molecular weight is 268 g/mol. The second kappa shape index (κ2) is 6.10. The van der Waals surface area contributed by atoms with Crippen molar-refractivity contribution in [3.8, 4) is 0 Å². The Hall–Kier alpha value is -1.49. The van der Waals surface area contributed by atoms with Gasteiger partial charge in [-0.3, -0.25) is 4.79 Å². The minimum absolute atomic E-state index is 0.140. The smallest absolute Gasteiger partial charge is 0.257 e. The first-order chi connectivity index (χ1) is 9.13. The molecular weight excluding hydrogens is 250 g/mol. The molecule has 1 aromatic rings. The van der Waals surface area contributed by atoms with Crippen LogP contribution in [0.3, 0.4) is 0 Å². The fourth-order valence-corrected chi connectivity index (χ4v) is 2.23. The summed E-state index contributed by atoms with van der Waals surface area (Å²) in [5, 5.41) is 0. The van der Waals surface area contributed by atoms with Crippen LogP contribution in [0.4, 0.5) is 8.78 Å². The van der Waals surface area contributed by atoms with Gasteiger partial charge in [0.1, 0.15) is 11.6 Å². The zero-order valence-corrected chi connectivity index (χ0v) is 10.7. The predicted octanol–water partition coefficient (Wildman–Crippen LogP) is 2.31. The van der Waals surface area contributed by atoms with Gasteiger partial charge in [-0.05, 0) is 50.4 Å². The van der Waals surface area contributed by atoms with Crippen LogP contribution in [0.1, 0.15) is 36.0 Å². The van der Waals surface area contributed by atoms with Crippen molar-refractivity contribution in [1.29, 1.82) is 0 Å². The molecule has 0 radical (unpaired) electrons. The monoisotopic (exact) mass is 268 g/mol. The van der Waals surface area contributed by atoms with Crippen molar-refractivity contribution < 1.29 is 13.6 Å². The van der Waals surface area contributed by atoms with Gasteiger partial charge in [0.15, 0.2) is 0 Å². The summed E-state index contributed by atoms with van der Waals surface area (Å²) in [5.74, 6) is -1.71. The lowest BCUT2D eigenvalue weighted by molar-refractivity contribution is 0.0573. The SMILES string of the molecule is NCCCN(C(=O)c1cc(F)ccc1F)C1CCC1. The summed E-state index contributed by atoms with van der Waals surface area (Å²) in [4.78, 5) is 14.0. The molecule has 0 saturated heterocycles. The molecule has 1 aliphatic carbocycles. The molecule has 1 aliphatic rings. The lowest BCUT2D eigenvalue weighted by Crippen LogP contribution is -2.45. The van der Waals surface area contributed by atoms with E-state index in [2.05, 4.69) is 0 Å². The first-order valence-corrected chi connectivity index (χ1v) is 6.59. The maximum Gasteiger partial charge on any atom is 0.257 e. The van der Waals surface area contributed by atoms with Crippen LogP contribution in [0, 0.1) is 11.6 Å². The molecular formula is C14H18F2N2O. The van der Waals surface area contributed by atoms with E-state index in [-0.39, 0.29) is 11.6 Å². The third-order valence-corrected chi connectivity index (χ3v) is 3.54. The second-order valence-corrected chi connectivity index (χ2v) is 4.85. The number of rotatable bonds is 5. The molecule has 3 nitrogen and oxygen atoms in total. The molecule has 5 heteroatoms. The van der Waals surface area contributed by atoms with E-state index in [9.17, 15) is 13.6 Å². The fraction of sp³-hybridized carbons (Fsp3) is 0.500. The van der Waals surface area contributed by atoms with E-state index < -0.39 is 17.5 Å². The Morgan fingerprint density at radius 1 is 1.37 bits per heavy atom. The Morgan fingerprint density at radius 3 is 2.68 bits per heavy atom. The number of benzene rings is 1. The van der Waals surface area contributed by atoms with E-state index in [1.807, 2.05) is 0 Å². The van der Waals surface area contributed by atoms with Gasteiger partial charge in [0, 0.05) is 12.6 Å². The van der Waals surface area contributed by atoms with E-state index in [1.165, 1.54) is 0 Å². The standard InChI is InChI=1S/C14H18F2N2O/c15-10-5-6-13(16)12(9-10)14(19)18(8-2-7-17)11-3-1-4-11/h5-6,9,11H,1-4,7-8,17H2. The van der Waals surface area contributed by atoms with E-state index in [0.717, 1.165) is 37.5 Å². The van der Waals surface area contributed by atoms with Crippen molar-refractivity contribution in [2.24, 2.45) is 5.73 Å². The number of halogens is 2. The number of hydrogen-bond donors (Lipinski definition) is 1. The molecule has 0 spiro atoms. The molecule has 0 atom stereocenters. The number of nitrogens with zero attached hydrogens (tertiary/aromatic N) is 1. The molecule has 104 valence electrons. The molecule has 1 aromatic carbocycles. The highest BCUT2D eigenvalue weighted by Crippen LogP contribution is 2.27. The van der Waals surface area contributed by atoms with Gasteiger partial charge in [0.25, 0.3) is 5.91 Å². The first kappa shape index (κ1) is 13.9. The number of carbonyl (C=O) groups excluding carboxylic acids is 1. The van der Waals surface area contributed by atoms with Gasteiger partial charge in [-0.2, -0.15) is 0 Å². The Balaban J connectivity index is 2.19. The van der Waals surface area contributed by atoms with E-state index in [4.69, 9.17) is 5.73 Å². The summed E-state index contributed by atoms with van der Waals surface area (Å²) in [7, 11) is 0. The van der Waals surface area contributed by atoms with Gasteiger partial charge in [0.2, 0.25) is 0 Å². The van der Waals surface area contributed by atoms with E-state index >= 15 is 0 Å². The Morgan fingerprint density at radius 2 is 2.11 bits per heavy atom. The van der Waals surface area contributed by atoms with Crippen molar-refractivity contribution in [1.82, 2.24) is 4.90 Å². The molecule has 0 bridgehead atoms. The Bertz CT molecular complexity index is 461. The first-order valence-electron chi connectivity index (χ1n) is 6.59. The van der Waals surface area contributed by atoms with Crippen LogP contribution in [-0.4, -0.2) is 29.9 Å². The molecule has 1 amide bonds. The summed E-state index contributed by atoms with van der Waals surface area (Å²) in [6.07, 6.45) is 3.59. The maximum atomic E-state index is 13.6. The van der Waals surface area contributed by atoms with Crippen LogP contribution in [0.15, 0.2) is 18.2 Å². The molecule has 1 saturated carbocycles. The predicted molar refractivity (Wildman–Crippen MR) is 68.7 cm³/mol. The molecule has 1 fully saturated rings. The van der Waals surface area contributed by atoms with Gasteiger partial charge in [-0.1, -0.05) is 0 Å². The van der Waals surface area contributed by atoms with E-state index in [0.29, 0.717) is 19.5 Å². The third-order valence-electron chi connectivity index (χ3n) is 3.54. The maximum absolute atomic E-state index is 13.6. The molecule has 2 N–H and O–H groups in total. The molecule has 19 heavy (non-hydrogen) atoms. The lowest BCUT2D eigenvalue weighted by Gasteiger charge is -2.37. The summed E-state index contributed by atoms with van der Waals surface area (Å²) in [5.41, 5.74) is 5.27. The van der Waals surface area contributed by atoms with Gasteiger partial charge >= 0.3 is 0 Å². The molecule has 0 unspecified atom stereocenters. The van der Waals surface area contributed by atoms with Crippen LogP contribution in [0.2, 0.25) is 0 Å². The van der Waals surface area contributed by atoms with Crippen LogP contribution in [-0.2, 0) is 0 Å². The third kappa shape index (κ3) is 3.10. The average Bonchev–Trinajstić information content (AvgIpc) is 2.34.